The van der Waals surface area contributed by atoms with Crippen LogP contribution >= 0.6 is 11.3 Å². The minimum atomic E-state index is -1.48. The molecule has 32 heavy (non-hydrogen) atoms. The standard InChI is InChI=1S/C27H36NO3S/c29-26(27(30,23-11-4-5-12-23)25-13-7-19-32-25)31-24-20-28(17-14-22(24)15-18-28)16-6-10-21-8-2-1-3-9-21/h1-3,7-9,13,19,22-24,30H,4-6,10-12,14-18,20H2/q+1/t22?,24-,27-,28?/m1/s1. The summed E-state index contributed by atoms with van der Waals surface area (Å²) in [7, 11) is 0. The highest BCUT2D eigenvalue weighted by molar-refractivity contribution is 7.10. The minimum Gasteiger partial charge on any atom is -0.454 e. The number of aliphatic hydroxyl groups is 1. The fourth-order valence-electron chi connectivity index (χ4n) is 6.47. The first-order valence-electron chi connectivity index (χ1n) is 12.5. The monoisotopic (exact) mass is 454 g/mol. The minimum absolute atomic E-state index is 0.0243. The van der Waals surface area contributed by atoms with Gasteiger partial charge in [-0.1, -0.05) is 49.2 Å². The number of nitrogens with zero attached hydrogens (tertiary/aromatic N) is 1. The third-order valence-electron chi connectivity index (χ3n) is 8.39. The molecule has 3 saturated heterocycles. The summed E-state index contributed by atoms with van der Waals surface area (Å²) < 4.78 is 7.29. The van der Waals surface area contributed by atoms with Crippen molar-refractivity contribution >= 4 is 17.3 Å². The van der Waals surface area contributed by atoms with E-state index in [1.165, 1.54) is 30.0 Å². The fraction of sp³-hybridized carbons (Fsp3) is 0.593. The van der Waals surface area contributed by atoms with E-state index in [0.29, 0.717) is 5.92 Å². The number of hydrogen-bond donors (Lipinski definition) is 1. The molecule has 0 spiro atoms. The number of quaternary nitrogens is 1. The van der Waals surface area contributed by atoms with Gasteiger partial charge in [-0.2, -0.15) is 0 Å². The molecule has 4 fully saturated rings. The number of ether oxygens (including phenoxy) is 1. The average molecular weight is 455 g/mol. The van der Waals surface area contributed by atoms with Gasteiger partial charge >= 0.3 is 5.97 Å². The van der Waals surface area contributed by atoms with Crippen LogP contribution in [0.5, 0.6) is 0 Å². The van der Waals surface area contributed by atoms with Gasteiger partial charge in [-0.25, -0.2) is 4.79 Å². The van der Waals surface area contributed by atoms with E-state index in [1.54, 1.807) is 0 Å². The quantitative estimate of drug-likeness (QED) is 0.455. The van der Waals surface area contributed by atoms with Crippen LogP contribution < -0.4 is 0 Å². The number of hydrogen-bond acceptors (Lipinski definition) is 4. The molecule has 5 heteroatoms. The topological polar surface area (TPSA) is 46.5 Å². The van der Waals surface area contributed by atoms with Crippen molar-refractivity contribution in [3.63, 3.8) is 0 Å². The van der Waals surface area contributed by atoms with Crippen LogP contribution in [0.3, 0.4) is 0 Å². The van der Waals surface area contributed by atoms with Gasteiger partial charge < -0.3 is 14.3 Å². The third-order valence-corrected chi connectivity index (χ3v) is 9.39. The summed E-state index contributed by atoms with van der Waals surface area (Å²) in [5, 5.41) is 13.7. The number of rotatable bonds is 8. The molecule has 3 aliphatic heterocycles. The summed E-state index contributed by atoms with van der Waals surface area (Å²) in [6.45, 7) is 4.46. The van der Waals surface area contributed by atoms with Crippen LogP contribution in [-0.2, 0) is 21.6 Å². The summed E-state index contributed by atoms with van der Waals surface area (Å²) >= 11 is 1.48. The second-order valence-electron chi connectivity index (χ2n) is 10.3. The van der Waals surface area contributed by atoms with Crippen molar-refractivity contribution in [1.82, 2.24) is 0 Å². The van der Waals surface area contributed by atoms with E-state index in [2.05, 4.69) is 30.3 Å². The Bertz CT molecular complexity index is 885. The Morgan fingerprint density at radius 2 is 1.81 bits per heavy atom. The Hall–Kier alpha value is -1.69. The lowest BCUT2D eigenvalue weighted by molar-refractivity contribution is -0.946. The van der Waals surface area contributed by atoms with Crippen LogP contribution in [0.25, 0.3) is 0 Å². The number of aryl methyl sites for hydroxylation is 1. The highest BCUT2D eigenvalue weighted by Crippen LogP contribution is 2.44. The van der Waals surface area contributed by atoms with Crippen molar-refractivity contribution in [2.75, 3.05) is 26.2 Å². The first-order chi connectivity index (χ1) is 15.6. The highest BCUT2D eigenvalue weighted by atomic mass is 32.1. The molecule has 2 bridgehead atoms. The maximum atomic E-state index is 13.5. The molecule has 172 valence electrons. The van der Waals surface area contributed by atoms with E-state index in [0.717, 1.165) is 73.8 Å². The summed E-state index contributed by atoms with van der Waals surface area (Å²) in [5.41, 5.74) is -0.0763. The Balaban J connectivity index is 1.26. The number of piperidine rings is 3. The number of benzene rings is 1. The Kier molecular flexibility index (Phi) is 6.42. The number of thiophene rings is 1. The Morgan fingerprint density at radius 1 is 1.06 bits per heavy atom. The number of esters is 1. The zero-order valence-corrected chi connectivity index (χ0v) is 19.8. The van der Waals surface area contributed by atoms with Gasteiger partial charge in [0.25, 0.3) is 0 Å². The smallest absolute Gasteiger partial charge is 0.344 e. The summed E-state index contributed by atoms with van der Waals surface area (Å²) in [5.74, 6) is 0.0287. The van der Waals surface area contributed by atoms with Crippen molar-refractivity contribution in [3.8, 4) is 0 Å². The summed E-state index contributed by atoms with van der Waals surface area (Å²) in [6.07, 6.45) is 8.43. The Labute approximate surface area is 195 Å². The van der Waals surface area contributed by atoms with Gasteiger partial charge in [0.15, 0.2) is 11.7 Å². The molecule has 4 aliphatic rings. The second-order valence-corrected chi connectivity index (χ2v) is 11.2. The molecule has 4 heterocycles. The lowest BCUT2D eigenvalue weighted by Crippen LogP contribution is -2.65. The largest absolute Gasteiger partial charge is 0.454 e. The summed E-state index contributed by atoms with van der Waals surface area (Å²) in [4.78, 5) is 14.3. The third kappa shape index (κ3) is 4.27. The van der Waals surface area contributed by atoms with E-state index >= 15 is 0 Å². The molecule has 2 aromatic rings. The number of carbonyl (C=O) groups excluding carboxylic acids is 1. The molecule has 4 nitrogen and oxygen atoms in total. The van der Waals surface area contributed by atoms with Crippen LogP contribution in [0, 0.1) is 11.8 Å². The van der Waals surface area contributed by atoms with Crippen LogP contribution in [0.2, 0.25) is 0 Å². The van der Waals surface area contributed by atoms with Gasteiger partial charge in [0.2, 0.25) is 0 Å². The fourth-order valence-corrected chi connectivity index (χ4v) is 7.36. The lowest BCUT2D eigenvalue weighted by atomic mass is 9.81. The van der Waals surface area contributed by atoms with E-state index in [1.807, 2.05) is 17.5 Å². The van der Waals surface area contributed by atoms with E-state index in [9.17, 15) is 9.90 Å². The van der Waals surface area contributed by atoms with E-state index < -0.39 is 11.6 Å². The second kappa shape index (κ2) is 9.28. The SMILES string of the molecule is O=C(O[C@@H]1C[N+]2(CCCc3ccccc3)CCC1CC2)[C@](O)(c1cccs1)C1CCCC1. The normalized spacial score (nSPS) is 29.7. The average Bonchev–Trinajstić information content (AvgIpc) is 3.55. The van der Waals surface area contributed by atoms with Gasteiger partial charge in [0, 0.05) is 36.0 Å². The lowest BCUT2D eigenvalue weighted by Gasteiger charge is -2.52. The number of carbonyl (C=O) groups is 1. The predicted molar refractivity (Wildman–Crippen MR) is 127 cm³/mol. The molecule has 1 N–H and O–H groups in total. The Morgan fingerprint density at radius 3 is 2.50 bits per heavy atom. The van der Waals surface area contributed by atoms with E-state index in [4.69, 9.17) is 4.74 Å². The van der Waals surface area contributed by atoms with Crippen molar-refractivity contribution in [2.24, 2.45) is 11.8 Å². The molecule has 1 aliphatic carbocycles. The maximum absolute atomic E-state index is 13.5. The molecular weight excluding hydrogens is 418 g/mol. The molecule has 1 aromatic heterocycles. The zero-order chi connectivity index (χ0) is 22.0. The van der Waals surface area contributed by atoms with E-state index in [-0.39, 0.29) is 12.0 Å². The predicted octanol–water partition coefficient (Wildman–Crippen LogP) is 4.91. The van der Waals surface area contributed by atoms with Crippen LogP contribution in [0.15, 0.2) is 47.8 Å². The van der Waals surface area contributed by atoms with Crippen molar-refractivity contribution in [1.29, 1.82) is 0 Å². The van der Waals surface area contributed by atoms with Crippen LogP contribution in [-0.4, -0.2) is 47.8 Å². The molecule has 0 unspecified atom stereocenters. The molecule has 0 radical (unpaired) electrons. The van der Waals surface area contributed by atoms with Gasteiger partial charge in [0.05, 0.1) is 19.6 Å². The first kappa shape index (κ1) is 22.1. The van der Waals surface area contributed by atoms with Crippen LogP contribution in [0.4, 0.5) is 0 Å². The zero-order valence-electron chi connectivity index (χ0n) is 19.0. The number of fused-ring (bicyclic) bond motifs is 3. The molecule has 6 rings (SSSR count). The van der Waals surface area contributed by atoms with Gasteiger partial charge in [0.1, 0.15) is 6.54 Å². The van der Waals surface area contributed by atoms with Gasteiger partial charge in [-0.3, -0.25) is 0 Å². The highest BCUT2D eigenvalue weighted by Gasteiger charge is 2.53. The molecule has 2 atom stereocenters. The molecule has 1 saturated carbocycles. The van der Waals surface area contributed by atoms with Crippen molar-refractivity contribution in [2.45, 2.75) is 63.1 Å². The molecule has 0 amide bonds. The van der Waals surface area contributed by atoms with Gasteiger partial charge in [-0.15, -0.1) is 11.3 Å². The maximum Gasteiger partial charge on any atom is 0.344 e. The molecule has 1 aromatic carbocycles. The van der Waals surface area contributed by atoms with Gasteiger partial charge in [-0.05, 0) is 36.3 Å². The van der Waals surface area contributed by atoms with Crippen molar-refractivity contribution in [3.05, 3.63) is 58.3 Å². The first-order valence-corrected chi connectivity index (χ1v) is 13.3. The summed E-state index contributed by atoms with van der Waals surface area (Å²) in [6, 6.07) is 14.5. The van der Waals surface area contributed by atoms with Crippen LogP contribution in [0.1, 0.15) is 55.4 Å². The molecular formula is C27H36NO3S+. The van der Waals surface area contributed by atoms with Crippen molar-refractivity contribution < 1.29 is 19.1 Å².